The van der Waals surface area contributed by atoms with Crippen molar-refractivity contribution < 1.29 is 68.2 Å². The van der Waals surface area contributed by atoms with Gasteiger partial charge in [-0.25, -0.2) is 4.57 Å². The molecule has 0 heterocycles. The number of phosphoric acid groups is 1. The molecule has 0 bridgehead atoms. The molecule has 0 amide bonds. The van der Waals surface area contributed by atoms with Gasteiger partial charge in [0.25, 0.3) is 0 Å². The number of aliphatic hydroxyl groups is 6. The fraction of sp³-hybridized carbons (Fsp3) is 0.783. The average Bonchev–Trinajstić information content (AvgIpc) is 3.24. The number of rotatable bonds is 37. The Balaban J connectivity index is 2.51. The smallest absolute Gasteiger partial charge is 0.462 e. The molecule has 0 aromatic heterocycles. The summed E-state index contributed by atoms with van der Waals surface area (Å²) in [6, 6.07) is 0. The number of carbonyl (C=O) groups is 2. The van der Waals surface area contributed by atoms with Crippen molar-refractivity contribution in [2.75, 3.05) is 13.2 Å². The Morgan fingerprint density at radius 2 is 1.02 bits per heavy atom. The van der Waals surface area contributed by atoms with Crippen LogP contribution in [0.3, 0.4) is 0 Å². The predicted molar refractivity (Wildman–Crippen MR) is 236 cm³/mol. The molecule has 354 valence electrons. The minimum Gasteiger partial charge on any atom is -0.462 e. The Morgan fingerprint density at radius 1 is 0.574 bits per heavy atom. The fourth-order valence-corrected chi connectivity index (χ4v) is 7.64. The minimum atomic E-state index is -5.14. The van der Waals surface area contributed by atoms with E-state index >= 15 is 0 Å². The van der Waals surface area contributed by atoms with Crippen LogP contribution in [0.2, 0.25) is 0 Å². The molecule has 1 saturated carbocycles. The van der Waals surface area contributed by atoms with Gasteiger partial charge in [0.15, 0.2) is 6.10 Å². The number of phosphoric ester groups is 1. The van der Waals surface area contributed by atoms with E-state index in [2.05, 4.69) is 43.4 Å². The molecule has 7 N–H and O–H groups in total. The van der Waals surface area contributed by atoms with Gasteiger partial charge < -0.3 is 45.0 Å². The first-order chi connectivity index (χ1) is 29.3. The van der Waals surface area contributed by atoms with Crippen molar-refractivity contribution in [1.82, 2.24) is 0 Å². The summed E-state index contributed by atoms with van der Waals surface area (Å²) in [5.41, 5.74) is 0. The zero-order chi connectivity index (χ0) is 45.1. The third-order valence-corrected chi connectivity index (χ3v) is 11.6. The van der Waals surface area contributed by atoms with E-state index in [0.717, 1.165) is 57.8 Å². The van der Waals surface area contributed by atoms with Gasteiger partial charge >= 0.3 is 19.8 Å². The summed E-state index contributed by atoms with van der Waals surface area (Å²) < 4.78 is 33.4. The maximum Gasteiger partial charge on any atom is 0.472 e. The van der Waals surface area contributed by atoms with Gasteiger partial charge in [-0.05, 0) is 57.8 Å². The highest BCUT2D eigenvalue weighted by atomic mass is 31.2. The van der Waals surface area contributed by atoms with Crippen LogP contribution >= 0.6 is 7.82 Å². The van der Waals surface area contributed by atoms with Gasteiger partial charge in [0.2, 0.25) is 0 Å². The highest BCUT2D eigenvalue weighted by Crippen LogP contribution is 2.47. The van der Waals surface area contributed by atoms with E-state index in [4.69, 9.17) is 18.5 Å². The first kappa shape index (κ1) is 56.8. The number of aliphatic hydroxyl groups excluding tert-OH is 6. The van der Waals surface area contributed by atoms with Crippen molar-refractivity contribution in [3.8, 4) is 0 Å². The Hall–Kier alpha value is -2.23. The van der Waals surface area contributed by atoms with E-state index in [1.54, 1.807) is 0 Å². The number of esters is 2. The molecule has 61 heavy (non-hydrogen) atoms. The molecule has 0 aliphatic heterocycles. The van der Waals surface area contributed by atoms with E-state index in [0.29, 0.717) is 19.3 Å². The Bertz CT molecular complexity index is 1270. The topological polar surface area (TPSA) is 230 Å². The molecule has 7 atom stereocenters. The molecule has 0 saturated heterocycles. The molecule has 1 aliphatic carbocycles. The largest absolute Gasteiger partial charge is 0.472 e. The zero-order valence-corrected chi connectivity index (χ0v) is 38.0. The molecule has 1 rings (SSSR count). The normalized spacial score (nSPS) is 23.0. The number of ether oxygens (including phenoxy) is 2. The lowest BCUT2D eigenvalue weighted by Crippen LogP contribution is -2.64. The standard InChI is InChI=1S/C46H81O14P/c1-3-5-6-7-8-9-10-11-15-18-21-24-27-30-33-39(48)57-35-38(36-58-61(55,56)60-46-44(53)42(51)41(50)43(52)45(46)54)59-40(49)34-31-28-25-22-19-16-13-12-14-17-20-23-26-29-32-37(47)4-2/h13-14,16-17,22-23,25-26,37-38,41-47,50-54H,3-12,15,18-21,24,27-36H2,1-2H3,(H,55,56). The van der Waals surface area contributed by atoms with Crippen LogP contribution in [0.1, 0.15) is 168 Å². The summed E-state index contributed by atoms with van der Waals surface area (Å²) in [6.07, 6.45) is 25.4. The number of allylic oxidation sites excluding steroid dienone is 8. The Labute approximate surface area is 365 Å². The van der Waals surface area contributed by atoms with Crippen LogP contribution in [0.4, 0.5) is 0 Å². The molecule has 1 aliphatic rings. The van der Waals surface area contributed by atoms with Gasteiger partial charge in [-0.3, -0.25) is 18.6 Å². The van der Waals surface area contributed by atoms with Crippen molar-refractivity contribution in [3.63, 3.8) is 0 Å². The van der Waals surface area contributed by atoms with Gasteiger partial charge in [0.1, 0.15) is 43.2 Å². The Kier molecular flexibility index (Phi) is 33.6. The molecule has 1 fully saturated rings. The van der Waals surface area contributed by atoms with Crippen molar-refractivity contribution in [2.45, 2.75) is 217 Å². The SMILES string of the molecule is CCCCCCCCCCCCCCCCC(=O)OCC(COP(=O)(O)OC1C(O)C(O)C(O)C(O)C1O)OC(=O)CCCC=CCC=CCC=CCC=CCCC(O)CC. The maximum atomic E-state index is 12.8. The van der Waals surface area contributed by atoms with Crippen LogP contribution in [-0.4, -0.2) is 110 Å². The average molecular weight is 889 g/mol. The van der Waals surface area contributed by atoms with Crippen LogP contribution in [0.25, 0.3) is 0 Å². The zero-order valence-electron chi connectivity index (χ0n) is 37.1. The molecule has 14 nitrogen and oxygen atoms in total. The summed E-state index contributed by atoms with van der Waals surface area (Å²) in [7, 11) is -5.14. The highest BCUT2D eigenvalue weighted by Gasteiger charge is 2.51. The molecular formula is C46H81O14P. The van der Waals surface area contributed by atoms with Crippen molar-refractivity contribution in [2.24, 2.45) is 0 Å². The third kappa shape index (κ3) is 29.0. The maximum absolute atomic E-state index is 12.8. The molecule has 0 radical (unpaired) electrons. The van der Waals surface area contributed by atoms with Crippen LogP contribution < -0.4 is 0 Å². The second kappa shape index (κ2) is 36.1. The number of carbonyl (C=O) groups excluding carboxylic acids is 2. The second-order valence-electron chi connectivity index (χ2n) is 16.1. The summed E-state index contributed by atoms with van der Waals surface area (Å²) in [6.45, 7) is 2.97. The van der Waals surface area contributed by atoms with Gasteiger partial charge in [0, 0.05) is 12.8 Å². The lowest BCUT2D eigenvalue weighted by Gasteiger charge is -2.41. The third-order valence-electron chi connectivity index (χ3n) is 10.6. The number of hydrogen-bond acceptors (Lipinski definition) is 13. The lowest BCUT2D eigenvalue weighted by molar-refractivity contribution is -0.220. The molecule has 7 unspecified atom stereocenters. The lowest BCUT2D eigenvalue weighted by atomic mass is 9.85. The molecule has 0 spiro atoms. The number of hydrogen-bond donors (Lipinski definition) is 7. The minimum absolute atomic E-state index is 0.00788. The second-order valence-corrected chi connectivity index (χ2v) is 17.5. The summed E-state index contributed by atoms with van der Waals surface area (Å²) in [5, 5.41) is 59.7. The molecule has 0 aromatic carbocycles. The van der Waals surface area contributed by atoms with E-state index in [1.807, 2.05) is 19.1 Å². The van der Waals surface area contributed by atoms with Gasteiger partial charge in [-0.1, -0.05) is 146 Å². The summed E-state index contributed by atoms with van der Waals surface area (Å²) in [4.78, 5) is 35.6. The number of unbranched alkanes of at least 4 members (excludes halogenated alkanes) is 14. The highest BCUT2D eigenvalue weighted by molar-refractivity contribution is 7.47. The summed E-state index contributed by atoms with van der Waals surface area (Å²) in [5.74, 6) is -1.18. The molecule has 15 heteroatoms. The van der Waals surface area contributed by atoms with Crippen LogP contribution in [0, 0.1) is 0 Å². The van der Waals surface area contributed by atoms with Crippen molar-refractivity contribution in [3.05, 3.63) is 48.6 Å². The van der Waals surface area contributed by atoms with Crippen LogP contribution in [-0.2, 0) is 32.7 Å². The van der Waals surface area contributed by atoms with E-state index in [-0.39, 0.29) is 18.9 Å². The van der Waals surface area contributed by atoms with Crippen molar-refractivity contribution in [1.29, 1.82) is 0 Å². The van der Waals surface area contributed by atoms with E-state index in [9.17, 15) is 49.7 Å². The van der Waals surface area contributed by atoms with E-state index in [1.165, 1.54) is 64.2 Å². The quantitative estimate of drug-likeness (QED) is 0.0137. The molecule has 0 aromatic rings. The van der Waals surface area contributed by atoms with Crippen LogP contribution in [0.15, 0.2) is 48.6 Å². The van der Waals surface area contributed by atoms with E-state index < -0.39 is 75.7 Å². The van der Waals surface area contributed by atoms with Gasteiger partial charge in [0.05, 0.1) is 12.7 Å². The first-order valence-electron chi connectivity index (χ1n) is 23.0. The predicted octanol–water partition coefficient (Wildman–Crippen LogP) is 7.75. The molecular weight excluding hydrogens is 807 g/mol. The van der Waals surface area contributed by atoms with Crippen molar-refractivity contribution >= 4 is 19.8 Å². The van der Waals surface area contributed by atoms with Crippen LogP contribution in [0.5, 0.6) is 0 Å². The Morgan fingerprint density at radius 3 is 1.52 bits per heavy atom. The van der Waals surface area contributed by atoms with Gasteiger partial charge in [-0.2, -0.15) is 0 Å². The fourth-order valence-electron chi connectivity index (χ4n) is 6.67. The first-order valence-corrected chi connectivity index (χ1v) is 24.5. The monoisotopic (exact) mass is 889 g/mol. The summed E-state index contributed by atoms with van der Waals surface area (Å²) >= 11 is 0. The van der Waals surface area contributed by atoms with Gasteiger partial charge in [-0.15, -0.1) is 0 Å².